The van der Waals surface area contributed by atoms with Gasteiger partial charge in [-0.3, -0.25) is 9.69 Å². The van der Waals surface area contributed by atoms with Crippen LogP contribution in [-0.4, -0.2) is 29.1 Å². The standard InChI is InChI=1S/C15H22FNO2/c1-4-15(11-14(18)19,17(5-2)6-3)12-7-9-13(16)10-8-12/h7-10H,4-6,11H2,1-3H3,(H,18,19). The molecular weight excluding hydrogens is 245 g/mol. The van der Waals surface area contributed by atoms with Crippen molar-refractivity contribution in [3.8, 4) is 0 Å². The summed E-state index contributed by atoms with van der Waals surface area (Å²) >= 11 is 0. The van der Waals surface area contributed by atoms with Crippen LogP contribution in [0.3, 0.4) is 0 Å². The van der Waals surface area contributed by atoms with Gasteiger partial charge in [0.1, 0.15) is 5.82 Å². The highest BCUT2D eigenvalue weighted by Gasteiger charge is 2.37. The SMILES string of the molecule is CCN(CC)C(CC)(CC(=O)O)c1ccc(F)cc1. The van der Waals surface area contributed by atoms with Gasteiger partial charge in [0, 0.05) is 0 Å². The summed E-state index contributed by atoms with van der Waals surface area (Å²) in [6, 6.07) is 6.18. The molecule has 0 aliphatic carbocycles. The predicted octanol–water partition coefficient (Wildman–Crippen LogP) is 3.25. The van der Waals surface area contributed by atoms with Crippen LogP contribution in [0.5, 0.6) is 0 Å². The molecule has 1 atom stereocenters. The fourth-order valence-electron chi connectivity index (χ4n) is 2.79. The maximum absolute atomic E-state index is 13.1. The van der Waals surface area contributed by atoms with E-state index in [1.807, 2.05) is 20.8 Å². The van der Waals surface area contributed by atoms with Crippen LogP contribution in [0.2, 0.25) is 0 Å². The first-order valence-electron chi connectivity index (χ1n) is 6.73. The monoisotopic (exact) mass is 267 g/mol. The van der Waals surface area contributed by atoms with Gasteiger partial charge in [0.25, 0.3) is 0 Å². The zero-order chi connectivity index (χ0) is 14.5. The van der Waals surface area contributed by atoms with E-state index >= 15 is 0 Å². The summed E-state index contributed by atoms with van der Waals surface area (Å²) in [5, 5.41) is 9.24. The van der Waals surface area contributed by atoms with Crippen molar-refractivity contribution in [2.24, 2.45) is 0 Å². The van der Waals surface area contributed by atoms with Crippen LogP contribution in [0.25, 0.3) is 0 Å². The first-order valence-corrected chi connectivity index (χ1v) is 6.73. The Balaban J connectivity index is 3.29. The van der Waals surface area contributed by atoms with E-state index in [1.165, 1.54) is 12.1 Å². The quantitative estimate of drug-likeness (QED) is 0.824. The molecule has 0 aliphatic rings. The minimum atomic E-state index is -0.835. The molecule has 1 rings (SSSR count). The molecule has 0 fully saturated rings. The van der Waals surface area contributed by atoms with Gasteiger partial charge in [-0.15, -0.1) is 0 Å². The molecule has 106 valence electrons. The second-order valence-corrected chi connectivity index (χ2v) is 4.63. The number of carboxylic acid groups (broad SMARTS) is 1. The van der Waals surface area contributed by atoms with Crippen LogP contribution < -0.4 is 0 Å². The minimum absolute atomic E-state index is 0.0246. The fraction of sp³-hybridized carbons (Fsp3) is 0.533. The third-order valence-corrected chi connectivity index (χ3v) is 3.78. The highest BCUT2D eigenvalue weighted by atomic mass is 19.1. The average Bonchev–Trinajstić information content (AvgIpc) is 2.39. The van der Waals surface area contributed by atoms with Crippen molar-refractivity contribution in [1.82, 2.24) is 4.90 Å². The predicted molar refractivity (Wildman–Crippen MR) is 73.5 cm³/mol. The molecule has 0 saturated carbocycles. The Labute approximate surface area is 114 Å². The maximum Gasteiger partial charge on any atom is 0.305 e. The smallest absolute Gasteiger partial charge is 0.305 e. The molecule has 0 heterocycles. The number of aliphatic carboxylic acids is 1. The molecule has 0 bridgehead atoms. The number of carbonyl (C=O) groups is 1. The Morgan fingerprint density at radius 1 is 1.21 bits per heavy atom. The number of halogens is 1. The molecule has 4 heteroatoms. The van der Waals surface area contributed by atoms with Crippen LogP contribution in [0.4, 0.5) is 4.39 Å². The molecule has 0 aliphatic heterocycles. The van der Waals surface area contributed by atoms with Crippen LogP contribution in [0.1, 0.15) is 39.2 Å². The zero-order valence-electron chi connectivity index (χ0n) is 11.8. The molecule has 0 amide bonds. The van der Waals surface area contributed by atoms with E-state index in [-0.39, 0.29) is 12.2 Å². The summed E-state index contributed by atoms with van der Waals surface area (Å²) in [6.45, 7) is 7.52. The van der Waals surface area contributed by atoms with Gasteiger partial charge >= 0.3 is 5.97 Å². The first-order chi connectivity index (χ1) is 9.00. The maximum atomic E-state index is 13.1. The van der Waals surface area contributed by atoms with Gasteiger partial charge in [-0.1, -0.05) is 32.9 Å². The van der Waals surface area contributed by atoms with Crippen molar-refractivity contribution < 1.29 is 14.3 Å². The molecule has 1 unspecified atom stereocenters. The number of nitrogens with zero attached hydrogens (tertiary/aromatic N) is 1. The third kappa shape index (κ3) is 3.32. The Morgan fingerprint density at radius 3 is 2.11 bits per heavy atom. The van der Waals surface area contributed by atoms with Crippen LogP contribution in [-0.2, 0) is 10.3 Å². The van der Waals surface area contributed by atoms with Gasteiger partial charge in [-0.25, -0.2) is 4.39 Å². The van der Waals surface area contributed by atoms with Crippen LogP contribution in [0, 0.1) is 5.82 Å². The highest BCUT2D eigenvalue weighted by molar-refractivity contribution is 5.69. The molecular formula is C15H22FNO2. The lowest BCUT2D eigenvalue weighted by Crippen LogP contribution is -2.47. The van der Waals surface area contributed by atoms with Gasteiger partial charge < -0.3 is 5.11 Å². The Morgan fingerprint density at radius 2 is 1.74 bits per heavy atom. The van der Waals surface area contributed by atoms with Crippen molar-refractivity contribution in [3.63, 3.8) is 0 Å². The molecule has 1 N–H and O–H groups in total. The van der Waals surface area contributed by atoms with E-state index in [0.717, 1.165) is 18.7 Å². The number of benzene rings is 1. The summed E-state index contributed by atoms with van der Waals surface area (Å²) < 4.78 is 13.1. The van der Waals surface area contributed by atoms with Gasteiger partial charge in [-0.05, 0) is 37.2 Å². The number of hydrogen-bond acceptors (Lipinski definition) is 2. The highest BCUT2D eigenvalue weighted by Crippen LogP contribution is 2.35. The third-order valence-electron chi connectivity index (χ3n) is 3.78. The van der Waals surface area contributed by atoms with Crippen molar-refractivity contribution in [1.29, 1.82) is 0 Å². The molecule has 3 nitrogen and oxygen atoms in total. The Kier molecular flexibility index (Phi) is 5.48. The second-order valence-electron chi connectivity index (χ2n) is 4.63. The number of carboxylic acids is 1. The van der Waals surface area contributed by atoms with E-state index < -0.39 is 11.5 Å². The van der Waals surface area contributed by atoms with Crippen LogP contribution in [0.15, 0.2) is 24.3 Å². The Bertz CT molecular complexity index is 415. The lowest BCUT2D eigenvalue weighted by Gasteiger charge is -2.42. The van der Waals surface area contributed by atoms with Gasteiger partial charge in [0.05, 0.1) is 12.0 Å². The van der Waals surface area contributed by atoms with Crippen LogP contribution >= 0.6 is 0 Å². The summed E-state index contributed by atoms with van der Waals surface area (Å²) in [7, 11) is 0. The van der Waals surface area contributed by atoms with E-state index in [0.29, 0.717) is 6.42 Å². The van der Waals surface area contributed by atoms with Crippen molar-refractivity contribution in [3.05, 3.63) is 35.6 Å². The minimum Gasteiger partial charge on any atom is -0.481 e. The van der Waals surface area contributed by atoms with E-state index in [4.69, 9.17) is 0 Å². The molecule has 0 spiro atoms. The van der Waals surface area contributed by atoms with Gasteiger partial charge in [0.15, 0.2) is 0 Å². The number of hydrogen-bond donors (Lipinski definition) is 1. The van der Waals surface area contributed by atoms with Crippen molar-refractivity contribution in [2.75, 3.05) is 13.1 Å². The van der Waals surface area contributed by atoms with Gasteiger partial charge in [-0.2, -0.15) is 0 Å². The van der Waals surface area contributed by atoms with E-state index in [1.54, 1.807) is 12.1 Å². The molecule has 19 heavy (non-hydrogen) atoms. The zero-order valence-corrected chi connectivity index (χ0v) is 11.8. The largest absolute Gasteiger partial charge is 0.481 e. The molecule has 0 radical (unpaired) electrons. The fourth-order valence-corrected chi connectivity index (χ4v) is 2.79. The summed E-state index contributed by atoms with van der Waals surface area (Å²) in [4.78, 5) is 13.4. The average molecular weight is 267 g/mol. The lowest BCUT2D eigenvalue weighted by molar-refractivity contribution is -0.141. The normalized spacial score (nSPS) is 14.4. The first kappa shape index (κ1) is 15.6. The molecule has 1 aromatic rings. The summed E-state index contributed by atoms with van der Waals surface area (Å²) in [5.41, 5.74) is 0.297. The number of rotatable bonds is 7. The summed E-state index contributed by atoms with van der Waals surface area (Å²) in [6.07, 6.45) is 0.698. The van der Waals surface area contributed by atoms with Crippen molar-refractivity contribution in [2.45, 2.75) is 39.2 Å². The Hall–Kier alpha value is -1.42. The van der Waals surface area contributed by atoms with Gasteiger partial charge in [0.2, 0.25) is 0 Å². The molecule has 0 aromatic heterocycles. The molecule has 1 aromatic carbocycles. The van der Waals surface area contributed by atoms with E-state index in [9.17, 15) is 14.3 Å². The lowest BCUT2D eigenvalue weighted by atomic mass is 9.82. The van der Waals surface area contributed by atoms with E-state index in [2.05, 4.69) is 4.90 Å². The molecule has 0 saturated heterocycles. The van der Waals surface area contributed by atoms with Crippen molar-refractivity contribution >= 4 is 5.97 Å². The summed E-state index contributed by atoms with van der Waals surface area (Å²) in [5.74, 6) is -1.14. The second kappa shape index (κ2) is 6.66. The topological polar surface area (TPSA) is 40.5 Å².